The molecule has 1 rings (SSSR count). The smallest absolute Gasteiger partial charge is 0.0763 e. The summed E-state index contributed by atoms with van der Waals surface area (Å²) in [7, 11) is 0. The standard InChI is InChI=1S/C8H12O2/c1-2-3-8(10)4-7(5-8)6-9/h1,7,9-10H,3-6H2/t7-,8-. The van der Waals surface area contributed by atoms with E-state index in [-0.39, 0.29) is 12.5 Å². The van der Waals surface area contributed by atoms with Gasteiger partial charge in [-0.2, -0.15) is 0 Å². The van der Waals surface area contributed by atoms with Crippen molar-refractivity contribution in [2.75, 3.05) is 6.61 Å². The molecule has 0 aromatic rings. The molecule has 56 valence electrons. The van der Waals surface area contributed by atoms with Crippen LogP contribution in [0.3, 0.4) is 0 Å². The van der Waals surface area contributed by atoms with E-state index in [1.165, 1.54) is 0 Å². The van der Waals surface area contributed by atoms with Crippen molar-refractivity contribution < 1.29 is 10.2 Å². The molecule has 2 heteroatoms. The molecule has 0 bridgehead atoms. The maximum absolute atomic E-state index is 9.46. The second-order valence-electron chi connectivity index (χ2n) is 3.06. The van der Waals surface area contributed by atoms with Gasteiger partial charge in [0.15, 0.2) is 0 Å². The third-order valence-electron chi connectivity index (χ3n) is 2.03. The van der Waals surface area contributed by atoms with Crippen LogP contribution in [-0.4, -0.2) is 22.4 Å². The Bertz CT molecular complexity index is 151. The molecular formula is C8H12O2. The van der Waals surface area contributed by atoms with Crippen LogP contribution in [0.5, 0.6) is 0 Å². The molecule has 0 amide bonds. The average molecular weight is 140 g/mol. The molecule has 2 N–H and O–H groups in total. The van der Waals surface area contributed by atoms with Gasteiger partial charge < -0.3 is 10.2 Å². The first kappa shape index (κ1) is 7.59. The van der Waals surface area contributed by atoms with Crippen molar-refractivity contribution in [1.82, 2.24) is 0 Å². The number of aliphatic hydroxyl groups excluding tert-OH is 1. The van der Waals surface area contributed by atoms with Gasteiger partial charge in [-0.25, -0.2) is 0 Å². The van der Waals surface area contributed by atoms with Gasteiger partial charge in [0.2, 0.25) is 0 Å². The fourth-order valence-corrected chi connectivity index (χ4v) is 1.48. The zero-order chi connectivity index (χ0) is 7.61. The highest BCUT2D eigenvalue weighted by molar-refractivity contribution is 5.02. The van der Waals surface area contributed by atoms with Crippen LogP contribution in [0.15, 0.2) is 0 Å². The summed E-state index contributed by atoms with van der Waals surface area (Å²) < 4.78 is 0. The minimum absolute atomic E-state index is 0.173. The van der Waals surface area contributed by atoms with E-state index in [4.69, 9.17) is 11.5 Å². The molecule has 0 spiro atoms. The van der Waals surface area contributed by atoms with Gasteiger partial charge in [-0.15, -0.1) is 12.3 Å². The highest BCUT2D eigenvalue weighted by atomic mass is 16.3. The van der Waals surface area contributed by atoms with Crippen LogP contribution in [0.1, 0.15) is 19.3 Å². The molecule has 0 radical (unpaired) electrons. The lowest BCUT2D eigenvalue weighted by Crippen LogP contribution is -2.44. The molecule has 10 heavy (non-hydrogen) atoms. The highest BCUT2D eigenvalue weighted by Crippen LogP contribution is 2.39. The molecule has 0 unspecified atom stereocenters. The van der Waals surface area contributed by atoms with Crippen molar-refractivity contribution in [2.24, 2.45) is 5.92 Å². The van der Waals surface area contributed by atoms with Crippen LogP contribution in [0.2, 0.25) is 0 Å². The zero-order valence-electron chi connectivity index (χ0n) is 5.88. The van der Waals surface area contributed by atoms with E-state index in [1.807, 2.05) is 0 Å². The molecule has 0 aromatic carbocycles. The summed E-state index contributed by atoms with van der Waals surface area (Å²) in [6, 6.07) is 0. The lowest BCUT2D eigenvalue weighted by Gasteiger charge is -2.41. The van der Waals surface area contributed by atoms with E-state index in [0.717, 1.165) is 0 Å². The predicted molar refractivity (Wildman–Crippen MR) is 38.2 cm³/mol. The van der Waals surface area contributed by atoms with E-state index in [2.05, 4.69) is 5.92 Å². The maximum Gasteiger partial charge on any atom is 0.0763 e. The quantitative estimate of drug-likeness (QED) is 0.536. The Kier molecular flexibility index (Phi) is 1.98. The molecule has 0 heterocycles. The van der Waals surface area contributed by atoms with Gasteiger partial charge >= 0.3 is 0 Å². The van der Waals surface area contributed by atoms with Gasteiger partial charge in [0.1, 0.15) is 0 Å². The van der Waals surface area contributed by atoms with Gasteiger partial charge in [-0.1, -0.05) is 0 Å². The Morgan fingerprint density at radius 1 is 1.60 bits per heavy atom. The van der Waals surface area contributed by atoms with E-state index >= 15 is 0 Å². The highest BCUT2D eigenvalue weighted by Gasteiger charge is 2.41. The van der Waals surface area contributed by atoms with Gasteiger partial charge in [-0.05, 0) is 18.8 Å². The number of terminal acetylenes is 1. The molecule has 1 aliphatic carbocycles. The van der Waals surface area contributed by atoms with E-state index in [1.54, 1.807) is 0 Å². The molecule has 1 saturated carbocycles. The SMILES string of the molecule is C#CC[C@]1(O)C[C@H](CO)C1. The average Bonchev–Trinajstić information content (AvgIpc) is 1.83. The van der Waals surface area contributed by atoms with Crippen molar-refractivity contribution in [3.8, 4) is 12.3 Å². The number of aliphatic hydroxyl groups is 2. The summed E-state index contributed by atoms with van der Waals surface area (Å²) in [6.45, 7) is 0.173. The van der Waals surface area contributed by atoms with Crippen LogP contribution >= 0.6 is 0 Å². The van der Waals surface area contributed by atoms with Crippen molar-refractivity contribution in [2.45, 2.75) is 24.9 Å². The van der Waals surface area contributed by atoms with Crippen molar-refractivity contribution in [3.63, 3.8) is 0 Å². The fraction of sp³-hybridized carbons (Fsp3) is 0.750. The summed E-state index contributed by atoms with van der Waals surface area (Å²) in [5, 5.41) is 18.1. The third kappa shape index (κ3) is 1.31. The number of rotatable bonds is 2. The topological polar surface area (TPSA) is 40.5 Å². The van der Waals surface area contributed by atoms with Gasteiger partial charge in [0, 0.05) is 13.0 Å². The van der Waals surface area contributed by atoms with Crippen molar-refractivity contribution in [1.29, 1.82) is 0 Å². The first-order valence-corrected chi connectivity index (χ1v) is 3.47. The summed E-state index contributed by atoms with van der Waals surface area (Å²) >= 11 is 0. The van der Waals surface area contributed by atoms with Gasteiger partial charge in [0.25, 0.3) is 0 Å². The predicted octanol–water partition coefficient (Wildman–Crippen LogP) is 0.143. The molecule has 0 aromatic heterocycles. The summed E-state index contributed by atoms with van der Waals surface area (Å²) in [4.78, 5) is 0. The first-order chi connectivity index (χ1) is 4.70. The number of hydrogen-bond donors (Lipinski definition) is 2. The van der Waals surface area contributed by atoms with Gasteiger partial charge in [-0.3, -0.25) is 0 Å². The molecule has 0 atom stereocenters. The van der Waals surface area contributed by atoms with Crippen LogP contribution < -0.4 is 0 Å². The minimum atomic E-state index is -0.651. The lowest BCUT2D eigenvalue weighted by atomic mass is 9.70. The third-order valence-corrected chi connectivity index (χ3v) is 2.03. The molecule has 1 aliphatic rings. The Labute approximate surface area is 60.9 Å². The molecular weight excluding hydrogens is 128 g/mol. The zero-order valence-corrected chi connectivity index (χ0v) is 5.88. The number of hydrogen-bond acceptors (Lipinski definition) is 2. The fourth-order valence-electron chi connectivity index (χ4n) is 1.48. The summed E-state index contributed by atoms with van der Waals surface area (Å²) in [6.07, 6.45) is 6.78. The Hall–Kier alpha value is -0.520. The second-order valence-corrected chi connectivity index (χ2v) is 3.06. The van der Waals surface area contributed by atoms with Crippen LogP contribution in [0.25, 0.3) is 0 Å². The lowest BCUT2D eigenvalue weighted by molar-refractivity contribution is -0.0829. The van der Waals surface area contributed by atoms with Crippen LogP contribution in [0, 0.1) is 18.3 Å². The summed E-state index contributed by atoms with van der Waals surface area (Å²) in [5.41, 5.74) is -0.651. The first-order valence-electron chi connectivity index (χ1n) is 3.47. The monoisotopic (exact) mass is 140 g/mol. The van der Waals surface area contributed by atoms with Crippen molar-refractivity contribution in [3.05, 3.63) is 0 Å². The maximum atomic E-state index is 9.46. The summed E-state index contributed by atoms with van der Waals surface area (Å²) in [5.74, 6) is 2.70. The van der Waals surface area contributed by atoms with Crippen molar-refractivity contribution >= 4 is 0 Å². The normalized spacial score (nSPS) is 38.3. The second kappa shape index (κ2) is 2.61. The Balaban J connectivity index is 2.29. The molecule has 2 nitrogen and oxygen atoms in total. The van der Waals surface area contributed by atoms with Crippen LogP contribution in [-0.2, 0) is 0 Å². The molecule has 0 aliphatic heterocycles. The molecule has 0 saturated heterocycles. The Morgan fingerprint density at radius 3 is 2.60 bits per heavy atom. The van der Waals surface area contributed by atoms with E-state index in [0.29, 0.717) is 19.3 Å². The van der Waals surface area contributed by atoms with E-state index in [9.17, 15) is 5.11 Å². The minimum Gasteiger partial charge on any atom is -0.396 e. The van der Waals surface area contributed by atoms with Crippen LogP contribution in [0.4, 0.5) is 0 Å². The largest absolute Gasteiger partial charge is 0.396 e. The van der Waals surface area contributed by atoms with Gasteiger partial charge in [0.05, 0.1) is 5.60 Å². The molecule has 1 fully saturated rings. The Morgan fingerprint density at radius 2 is 2.20 bits per heavy atom. The van der Waals surface area contributed by atoms with E-state index < -0.39 is 5.60 Å².